The minimum absolute atomic E-state index is 0.197. The second kappa shape index (κ2) is 10.2. The summed E-state index contributed by atoms with van der Waals surface area (Å²) in [6, 6.07) is 18.7. The zero-order valence-corrected chi connectivity index (χ0v) is 18.3. The number of piperidine rings is 1. The molecule has 29 heavy (non-hydrogen) atoms. The first-order chi connectivity index (χ1) is 13.9. The van der Waals surface area contributed by atoms with Crippen LogP contribution in [0.15, 0.2) is 54.6 Å². The normalized spacial score (nSPS) is 16.1. The van der Waals surface area contributed by atoms with Crippen LogP contribution < -0.4 is 5.32 Å². The van der Waals surface area contributed by atoms with Gasteiger partial charge in [-0.25, -0.2) is 0 Å². The van der Waals surface area contributed by atoms with Gasteiger partial charge in [-0.2, -0.15) is 0 Å². The number of carbonyl (C=O) groups excluding carboxylic acids is 1. The second-order valence-corrected chi connectivity index (χ2v) is 9.32. The van der Waals surface area contributed by atoms with Gasteiger partial charge in [-0.3, -0.25) is 4.79 Å². The lowest BCUT2D eigenvalue weighted by molar-refractivity contribution is 0.0839. The van der Waals surface area contributed by atoms with E-state index in [4.69, 9.17) is 0 Å². The highest BCUT2D eigenvalue weighted by atomic mass is 16.1. The van der Waals surface area contributed by atoms with E-state index in [1.54, 1.807) is 0 Å². The number of Topliss-reactive ketones (excluding diaryl/α,β-unsaturated/α-hetero) is 1. The highest BCUT2D eigenvalue weighted by Crippen LogP contribution is 2.23. The molecule has 0 bridgehead atoms. The molecule has 1 aliphatic heterocycles. The Hall–Kier alpha value is -1.97. The molecule has 1 fully saturated rings. The number of nitrogens with one attached hydrogen (secondary N) is 1. The number of nitrogens with zero attached hydrogens (tertiary/aromatic N) is 1. The van der Waals surface area contributed by atoms with E-state index in [0.29, 0.717) is 5.78 Å². The van der Waals surface area contributed by atoms with E-state index in [9.17, 15) is 4.79 Å². The van der Waals surface area contributed by atoms with Crippen molar-refractivity contribution in [2.45, 2.75) is 52.0 Å². The SMILES string of the molecule is CC(C)(C)c1ccc(CNCCCN2CCC(C(=O)c3ccccc3)CC2)cc1. The molecule has 0 aliphatic carbocycles. The minimum Gasteiger partial charge on any atom is -0.313 e. The second-order valence-electron chi connectivity index (χ2n) is 9.32. The largest absolute Gasteiger partial charge is 0.313 e. The van der Waals surface area contributed by atoms with Gasteiger partial charge in [0, 0.05) is 18.0 Å². The van der Waals surface area contributed by atoms with Crippen LogP contribution in [0.2, 0.25) is 0 Å². The summed E-state index contributed by atoms with van der Waals surface area (Å²) < 4.78 is 0. The fourth-order valence-electron chi connectivity index (χ4n) is 4.04. The lowest BCUT2D eigenvalue weighted by atomic mass is 9.87. The van der Waals surface area contributed by atoms with Gasteiger partial charge in [-0.15, -0.1) is 0 Å². The Morgan fingerprint density at radius 3 is 2.28 bits per heavy atom. The van der Waals surface area contributed by atoms with Gasteiger partial charge in [0.1, 0.15) is 0 Å². The van der Waals surface area contributed by atoms with Crippen molar-refractivity contribution >= 4 is 5.78 Å². The fraction of sp³-hybridized carbons (Fsp3) is 0.500. The van der Waals surface area contributed by atoms with E-state index < -0.39 is 0 Å². The summed E-state index contributed by atoms with van der Waals surface area (Å²) in [5, 5.41) is 3.57. The van der Waals surface area contributed by atoms with Crippen molar-refractivity contribution in [3.05, 3.63) is 71.3 Å². The summed E-state index contributed by atoms with van der Waals surface area (Å²) in [5.41, 5.74) is 3.81. The van der Waals surface area contributed by atoms with Crippen molar-refractivity contribution in [2.24, 2.45) is 5.92 Å². The monoisotopic (exact) mass is 392 g/mol. The number of hydrogen-bond donors (Lipinski definition) is 1. The average Bonchev–Trinajstić information content (AvgIpc) is 2.74. The topological polar surface area (TPSA) is 32.3 Å². The predicted molar refractivity (Wildman–Crippen MR) is 121 cm³/mol. The van der Waals surface area contributed by atoms with Crippen LogP contribution >= 0.6 is 0 Å². The van der Waals surface area contributed by atoms with Crippen molar-refractivity contribution < 1.29 is 4.79 Å². The third-order valence-corrected chi connectivity index (χ3v) is 5.99. The van der Waals surface area contributed by atoms with Gasteiger partial charge in [-0.05, 0) is 62.0 Å². The molecule has 3 heteroatoms. The number of rotatable bonds is 8. The Balaban J connectivity index is 1.31. The molecule has 156 valence electrons. The lowest BCUT2D eigenvalue weighted by Crippen LogP contribution is -2.37. The summed E-state index contributed by atoms with van der Waals surface area (Å²) in [4.78, 5) is 15.1. The maximum atomic E-state index is 12.6. The van der Waals surface area contributed by atoms with Gasteiger partial charge in [-0.1, -0.05) is 75.4 Å². The highest BCUT2D eigenvalue weighted by molar-refractivity contribution is 5.97. The first-order valence-corrected chi connectivity index (χ1v) is 11.1. The molecule has 3 nitrogen and oxygen atoms in total. The molecule has 3 rings (SSSR count). The highest BCUT2D eigenvalue weighted by Gasteiger charge is 2.25. The van der Waals surface area contributed by atoms with Gasteiger partial charge in [0.15, 0.2) is 5.78 Å². The van der Waals surface area contributed by atoms with Crippen LogP contribution in [-0.2, 0) is 12.0 Å². The fourth-order valence-corrected chi connectivity index (χ4v) is 4.04. The van der Waals surface area contributed by atoms with Crippen molar-refractivity contribution in [3.63, 3.8) is 0 Å². The van der Waals surface area contributed by atoms with Crippen molar-refractivity contribution in [1.82, 2.24) is 10.2 Å². The molecule has 0 radical (unpaired) electrons. The zero-order valence-electron chi connectivity index (χ0n) is 18.3. The van der Waals surface area contributed by atoms with E-state index in [-0.39, 0.29) is 11.3 Å². The summed E-state index contributed by atoms with van der Waals surface area (Å²) >= 11 is 0. The number of benzene rings is 2. The van der Waals surface area contributed by atoms with Gasteiger partial charge < -0.3 is 10.2 Å². The Labute approximate surface area is 176 Å². The minimum atomic E-state index is 0.197. The standard InChI is InChI=1S/C26H36N2O/c1-26(2,3)24-12-10-21(11-13-24)20-27-16-7-17-28-18-14-23(15-19-28)25(29)22-8-5-4-6-9-22/h4-6,8-13,23,27H,7,14-20H2,1-3H3. The smallest absolute Gasteiger partial charge is 0.166 e. The summed E-state index contributed by atoms with van der Waals surface area (Å²) in [6.45, 7) is 11.9. The molecule has 1 heterocycles. The van der Waals surface area contributed by atoms with Gasteiger partial charge >= 0.3 is 0 Å². The molecule has 2 aromatic carbocycles. The average molecular weight is 393 g/mol. The van der Waals surface area contributed by atoms with Crippen molar-refractivity contribution in [1.29, 1.82) is 0 Å². The van der Waals surface area contributed by atoms with Crippen LogP contribution in [0.25, 0.3) is 0 Å². The molecule has 0 spiro atoms. The zero-order chi connectivity index (χ0) is 20.7. The van der Waals surface area contributed by atoms with Crippen LogP contribution in [0.4, 0.5) is 0 Å². The van der Waals surface area contributed by atoms with Gasteiger partial charge in [0.05, 0.1) is 0 Å². The van der Waals surface area contributed by atoms with Crippen molar-refractivity contribution in [3.8, 4) is 0 Å². The molecular weight excluding hydrogens is 356 g/mol. The maximum Gasteiger partial charge on any atom is 0.166 e. The van der Waals surface area contributed by atoms with E-state index in [0.717, 1.165) is 57.5 Å². The van der Waals surface area contributed by atoms with Crippen LogP contribution in [0.1, 0.15) is 61.5 Å². The Bertz CT molecular complexity index is 754. The third-order valence-electron chi connectivity index (χ3n) is 5.99. The van der Waals surface area contributed by atoms with Crippen molar-refractivity contribution in [2.75, 3.05) is 26.2 Å². The molecule has 0 unspecified atom stereocenters. The molecule has 2 aromatic rings. The Morgan fingerprint density at radius 2 is 1.66 bits per heavy atom. The third kappa shape index (κ3) is 6.52. The first-order valence-electron chi connectivity index (χ1n) is 11.1. The van der Waals surface area contributed by atoms with E-state index >= 15 is 0 Å². The molecule has 0 amide bonds. The summed E-state index contributed by atoms with van der Waals surface area (Å²) in [5.74, 6) is 0.521. The first kappa shape index (κ1) is 21.7. The van der Waals surface area contributed by atoms with E-state index in [1.807, 2.05) is 30.3 Å². The van der Waals surface area contributed by atoms with Crippen LogP contribution in [0.5, 0.6) is 0 Å². The summed E-state index contributed by atoms with van der Waals surface area (Å²) in [7, 11) is 0. The van der Waals surface area contributed by atoms with Crippen LogP contribution in [0.3, 0.4) is 0 Å². The molecule has 1 saturated heterocycles. The molecule has 1 N–H and O–H groups in total. The Kier molecular flexibility index (Phi) is 7.63. The summed E-state index contributed by atoms with van der Waals surface area (Å²) in [6.07, 6.45) is 3.12. The van der Waals surface area contributed by atoms with E-state index in [2.05, 4.69) is 55.3 Å². The molecule has 0 saturated carbocycles. The molecular formula is C26H36N2O. The Morgan fingerprint density at radius 1 is 1.00 bits per heavy atom. The molecule has 0 aromatic heterocycles. The van der Waals surface area contributed by atoms with Gasteiger partial charge in [0.25, 0.3) is 0 Å². The van der Waals surface area contributed by atoms with Gasteiger partial charge in [0.2, 0.25) is 0 Å². The lowest BCUT2D eigenvalue weighted by Gasteiger charge is -2.31. The quantitative estimate of drug-likeness (QED) is 0.503. The number of likely N-dealkylation sites (tertiary alicyclic amines) is 1. The van der Waals surface area contributed by atoms with Crippen LogP contribution in [0, 0.1) is 5.92 Å². The number of hydrogen-bond acceptors (Lipinski definition) is 3. The van der Waals surface area contributed by atoms with Crippen LogP contribution in [-0.4, -0.2) is 36.9 Å². The molecule has 0 atom stereocenters. The maximum absolute atomic E-state index is 12.6. The van der Waals surface area contributed by atoms with E-state index in [1.165, 1.54) is 11.1 Å². The number of ketones is 1. The number of carbonyl (C=O) groups is 1. The molecule has 1 aliphatic rings. The predicted octanol–water partition coefficient (Wildman–Crippen LogP) is 5.06.